The average Bonchev–Trinajstić information content (AvgIpc) is 3.55. The Labute approximate surface area is 226 Å². The van der Waals surface area contributed by atoms with E-state index in [0.29, 0.717) is 31.0 Å². The lowest BCUT2D eigenvalue weighted by Crippen LogP contribution is -2.41. The van der Waals surface area contributed by atoms with Crippen molar-refractivity contribution in [2.24, 2.45) is 0 Å². The van der Waals surface area contributed by atoms with Crippen molar-refractivity contribution < 1.29 is 14.3 Å². The molecule has 2 aromatic heterocycles. The largest absolute Gasteiger partial charge is 0.493 e. The number of aromatic nitrogens is 3. The average molecular weight is 525 g/mol. The van der Waals surface area contributed by atoms with Crippen molar-refractivity contribution in [3.05, 3.63) is 94.5 Å². The molecule has 6 rings (SSSR count). The predicted octanol–water partition coefficient (Wildman–Crippen LogP) is 5.21. The molecule has 5 aromatic rings. The third-order valence-electron chi connectivity index (χ3n) is 7.99. The number of hydrogen-bond acceptors (Lipinski definition) is 4. The third kappa shape index (κ3) is 4.56. The Morgan fingerprint density at radius 1 is 0.949 bits per heavy atom. The summed E-state index contributed by atoms with van der Waals surface area (Å²) in [6, 6.07) is 21.9. The minimum absolute atomic E-state index is 0.0629. The molecule has 1 saturated heterocycles. The van der Waals surface area contributed by atoms with Gasteiger partial charge in [0.15, 0.2) is 11.5 Å². The van der Waals surface area contributed by atoms with Crippen LogP contribution in [0.1, 0.15) is 42.3 Å². The fourth-order valence-corrected chi connectivity index (χ4v) is 5.97. The molecule has 1 amide bonds. The van der Waals surface area contributed by atoms with Gasteiger partial charge in [-0.2, -0.15) is 0 Å². The molecule has 0 saturated carbocycles. The van der Waals surface area contributed by atoms with Gasteiger partial charge in [0.1, 0.15) is 0 Å². The maximum Gasteiger partial charge on any atom is 0.326 e. The number of hydrogen-bond donors (Lipinski definition) is 2. The van der Waals surface area contributed by atoms with Crippen LogP contribution >= 0.6 is 0 Å². The van der Waals surface area contributed by atoms with E-state index >= 15 is 0 Å². The smallest absolute Gasteiger partial charge is 0.326 e. The number of amides is 1. The Morgan fingerprint density at radius 3 is 2.44 bits per heavy atom. The summed E-state index contributed by atoms with van der Waals surface area (Å²) < 4.78 is 12.9. The molecule has 8 heteroatoms. The maximum absolute atomic E-state index is 13.7. The number of nitrogens with zero attached hydrogens (tertiary/aromatic N) is 2. The number of aromatic amines is 2. The Balaban J connectivity index is 1.25. The van der Waals surface area contributed by atoms with Gasteiger partial charge in [0.05, 0.1) is 25.3 Å². The number of imidazole rings is 1. The molecule has 0 spiro atoms. The maximum atomic E-state index is 13.7. The zero-order valence-electron chi connectivity index (χ0n) is 22.1. The number of H-pyrrole nitrogens is 2. The van der Waals surface area contributed by atoms with E-state index in [2.05, 4.69) is 16.0 Å². The second-order valence-electron chi connectivity index (χ2n) is 10.1. The lowest BCUT2D eigenvalue weighted by molar-refractivity contribution is -0.132. The summed E-state index contributed by atoms with van der Waals surface area (Å²) in [7, 11) is 3.24. The van der Waals surface area contributed by atoms with Crippen LogP contribution in [0.3, 0.4) is 0 Å². The van der Waals surface area contributed by atoms with Crippen LogP contribution in [0.2, 0.25) is 0 Å². The number of methoxy groups -OCH3 is 2. The monoisotopic (exact) mass is 524 g/mol. The fraction of sp³-hybridized carbons (Fsp3) is 0.290. The van der Waals surface area contributed by atoms with Crippen molar-refractivity contribution in [1.29, 1.82) is 0 Å². The van der Waals surface area contributed by atoms with Gasteiger partial charge in [0.2, 0.25) is 5.91 Å². The van der Waals surface area contributed by atoms with Crippen LogP contribution in [0.15, 0.2) is 77.7 Å². The van der Waals surface area contributed by atoms with Crippen molar-refractivity contribution >= 4 is 27.8 Å². The summed E-state index contributed by atoms with van der Waals surface area (Å²) >= 11 is 0. The molecule has 39 heavy (non-hydrogen) atoms. The summed E-state index contributed by atoms with van der Waals surface area (Å²) in [5.41, 5.74) is 4.78. The van der Waals surface area contributed by atoms with Crippen LogP contribution in [-0.2, 0) is 4.79 Å². The summed E-state index contributed by atoms with van der Waals surface area (Å²) in [5.74, 6) is 1.23. The van der Waals surface area contributed by atoms with E-state index in [-0.39, 0.29) is 23.6 Å². The number of para-hydroxylation sites is 3. The van der Waals surface area contributed by atoms with Crippen LogP contribution in [0.5, 0.6) is 11.5 Å². The Hall–Kier alpha value is -4.46. The number of piperidine rings is 1. The quantitative estimate of drug-likeness (QED) is 0.306. The summed E-state index contributed by atoms with van der Waals surface area (Å²) in [4.78, 5) is 34.7. The summed E-state index contributed by atoms with van der Waals surface area (Å²) in [6.07, 6.45) is 3.81. The number of nitrogens with one attached hydrogen (secondary N) is 2. The lowest BCUT2D eigenvalue weighted by Gasteiger charge is -2.33. The molecular formula is C31H32N4O4. The van der Waals surface area contributed by atoms with E-state index in [1.165, 1.54) is 0 Å². The molecule has 1 aliphatic heterocycles. The first kappa shape index (κ1) is 24.9. The summed E-state index contributed by atoms with van der Waals surface area (Å²) in [6.45, 7) is 1.23. The SMILES string of the molecule is COc1ccc(C(CC(=O)N2CCC(n3c(=O)[nH]c4ccccc43)CC2)c2c[nH]c3ccccc23)cc1OC. The third-order valence-corrected chi connectivity index (χ3v) is 7.99. The van der Waals surface area contributed by atoms with Gasteiger partial charge in [0.25, 0.3) is 0 Å². The first-order valence-corrected chi connectivity index (χ1v) is 13.3. The normalized spacial score (nSPS) is 15.1. The van der Waals surface area contributed by atoms with Gasteiger partial charge in [0, 0.05) is 48.6 Å². The first-order chi connectivity index (χ1) is 19.1. The minimum Gasteiger partial charge on any atom is -0.493 e. The topological polar surface area (TPSA) is 92.4 Å². The van der Waals surface area contributed by atoms with Gasteiger partial charge in [-0.1, -0.05) is 36.4 Å². The van der Waals surface area contributed by atoms with Crippen molar-refractivity contribution in [2.45, 2.75) is 31.2 Å². The molecule has 0 radical (unpaired) electrons. The molecule has 0 aliphatic carbocycles. The highest BCUT2D eigenvalue weighted by Gasteiger charge is 2.29. The lowest BCUT2D eigenvalue weighted by atomic mass is 9.87. The second-order valence-corrected chi connectivity index (χ2v) is 10.1. The fourth-order valence-electron chi connectivity index (χ4n) is 5.97. The second kappa shape index (κ2) is 10.4. The van der Waals surface area contributed by atoms with E-state index in [0.717, 1.165) is 45.9 Å². The van der Waals surface area contributed by atoms with E-state index in [9.17, 15) is 9.59 Å². The molecule has 1 unspecified atom stereocenters. The van der Waals surface area contributed by atoms with E-state index in [4.69, 9.17) is 9.47 Å². The van der Waals surface area contributed by atoms with Crippen LogP contribution in [0.4, 0.5) is 0 Å². The van der Waals surface area contributed by atoms with Crippen LogP contribution in [0, 0.1) is 0 Å². The molecule has 0 bridgehead atoms. The molecule has 2 N–H and O–H groups in total. The minimum atomic E-state index is -0.164. The molecular weight excluding hydrogens is 492 g/mol. The number of carbonyl (C=O) groups is 1. The Morgan fingerprint density at radius 2 is 1.67 bits per heavy atom. The number of ether oxygens (including phenoxy) is 2. The Kier molecular flexibility index (Phi) is 6.60. The zero-order valence-corrected chi connectivity index (χ0v) is 22.1. The van der Waals surface area contributed by atoms with Crippen LogP contribution in [0.25, 0.3) is 21.9 Å². The van der Waals surface area contributed by atoms with Gasteiger partial charge in [-0.15, -0.1) is 0 Å². The van der Waals surface area contributed by atoms with E-state index in [1.54, 1.807) is 14.2 Å². The molecule has 1 fully saturated rings. The van der Waals surface area contributed by atoms with E-state index in [1.807, 2.05) is 76.3 Å². The molecule has 1 atom stereocenters. The van der Waals surface area contributed by atoms with Crippen LogP contribution in [-0.4, -0.2) is 52.7 Å². The van der Waals surface area contributed by atoms with Gasteiger partial charge < -0.3 is 24.3 Å². The number of likely N-dealkylation sites (tertiary alicyclic amines) is 1. The predicted molar refractivity (Wildman–Crippen MR) is 152 cm³/mol. The molecule has 200 valence electrons. The van der Waals surface area contributed by atoms with Crippen molar-refractivity contribution in [2.75, 3.05) is 27.3 Å². The highest BCUT2D eigenvalue weighted by molar-refractivity contribution is 5.86. The van der Waals surface area contributed by atoms with Crippen molar-refractivity contribution in [1.82, 2.24) is 19.4 Å². The summed E-state index contributed by atoms with van der Waals surface area (Å²) in [5, 5.41) is 1.10. The standard InChI is InChI=1S/C31H32N4O4/c1-38-28-12-11-20(17-29(28)39-2)23(24-19-32-25-8-4-3-7-22(24)25)18-30(36)34-15-13-21(14-16-34)35-27-10-6-5-9-26(27)33-31(35)37/h3-12,17,19,21,23,32H,13-16,18H2,1-2H3,(H,33,37). The molecule has 3 heterocycles. The van der Waals surface area contributed by atoms with Crippen molar-refractivity contribution in [3.63, 3.8) is 0 Å². The van der Waals surface area contributed by atoms with Gasteiger partial charge in [-0.05, 0) is 54.3 Å². The first-order valence-electron chi connectivity index (χ1n) is 13.3. The van der Waals surface area contributed by atoms with E-state index < -0.39 is 0 Å². The van der Waals surface area contributed by atoms with Gasteiger partial charge in [-0.3, -0.25) is 9.36 Å². The number of rotatable bonds is 7. The zero-order chi connectivity index (χ0) is 26.9. The molecule has 1 aliphatic rings. The van der Waals surface area contributed by atoms with Crippen LogP contribution < -0.4 is 15.2 Å². The van der Waals surface area contributed by atoms with Gasteiger partial charge in [-0.25, -0.2) is 4.79 Å². The van der Waals surface area contributed by atoms with Crippen molar-refractivity contribution in [3.8, 4) is 11.5 Å². The number of fused-ring (bicyclic) bond motifs is 2. The molecule has 8 nitrogen and oxygen atoms in total. The van der Waals surface area contributed by atoms with Gasteiger partial charge >= 0.3 is 5.69 Å². The highest BCUT2D eigenvalue weighted by atomic mass is 16.5. The highest BCUT2D eigenvalue weighted by Crippen LogP contribution is 2.38. The number of benzene rings is 3. The molecule has 3 aromatic carbocycles. The Bertz CT molecular complexity index is 1690. The number of carbonyl (C=O) groups excluding carboxylic acids is 1.